The van der Waals surface area contributed by atoms with Crippen LogP contribution in [0.4, 0.5) is 24.5 Å². The average Bonchev–Trinajstić information content (AvgIpc) is 3.11. The van der Waals surface area contributed by atoms with Crippen LogP contribution in [0.1, 0.15) is 49.4 Å². The normalized spacial score (nSPS) is 20.2. The fraction of sp³-hybridized carbons (Fsp3) is 0.481. The highest BCUT2D eigenvalue weighted by molar-refractivity contribution is 7.81. The molecular formula is C27H29F3N6OS. The minimum absolute atomic E-state index is 0.0843. The number of hydrogen-bond acceptors (Lipinski definition) is 6. The lowest BCUT2D eigenvalue weighted by Gasteiger charge is -2.43. The molecule has 0 bridgehead atoms. The first-order valence-corrected chi connectivity index (χ1v) is 13.3. The van der Waals surface area contributed by atoms with E-state index in [-0.39, 0.29) is 16.7 Å². The van der Waals surface area contributed by atoms with Gasteiger partial charge >= 0.3 is 6.18 Å². The van der Waals surface area contributed by atoms with Crippen molar-refractivity contribution in [1.29, 1.82) is 5.26 Å². The van der Waals surface area contributed by atoms with Gasteiger partial charge < -0.3 is 9.80 Å². The topological polar surface area (TPSA) is 66.7 Å². The third kappa shape index (κ3) is 4.65. The number of nitrogens with zero attached hydrogens (tertiary/aromatic N) is 6. The minimum atomic E-state index is -4.79. The number of piperazine rings is 1. The van der Waals surface area contributed by atoms with E-state index in [0.29, 0.717) is 12.8 Å². The standard InChI is InChI=1S/C27H29F3N6OS/c1-2-10-33-11-13-34(14-12-33)18-19-4-6-20(7-5-19)36-25(38)35(24(37)26(36)8-3-9-26)21-15-22(27(28,29)30)23(16-31)32-17-21/h4-7,15,17H,2-3,8-14,18H2,1H3. The molecule has 1 aliphatic carbocycles. The Bertz CT molecular complexity index is 1260. The molecule has 2 saturated heterocycles. The third-order valence-electron chi connectivity index (χ3n) is 7.74. The van der Waals surface area contributed by atoms with Crippen LogP contribution >= 0.6 is 12.2 Å². The summed E-state index contributed by atoms with van der Waals surface area (Å²) in [5.74, 6) is -0.359. The van der Waals surface area contributed by atoms with Crippen molar-refractivity contribution in [3.05, 3.63) is 53.3 Å². The molecule has 5 rings (SSSR count). The second-order valence-electron chi connectivity index (χ2n) is 10.1. The lowest BCUT2D eigenvalue weighted by atomic mass is 9.75. The predicted octanol–water partition coefficient (Wildman–Crippen LogP) is 4.56. The maximum absolute atomic E-state index is 13.6. The number of amides is 1. The maximum atomic E-state index is 13.6. The number of alkyl halides is 3. The summed E-state index contributed by atoms with van der Waals surface area (Å²) >= 11 is 5.69. The van der Waals surface area contributed by atoms with Gasteiger partial charge in [-0.2, -0.15) is 18.4 Å². The van der Waals surface area contributed by atoms with E-state index < -0.39 is 23.0 Å². The summed E-state index contributed by atoms with van der Waals surface area (Å²) in [5, 5.41) is 9.21. The zero-order valence-electron chi connectivity index (χ0n) is 21.2. The van der Waals surface area contributed by atoms with Crippen molar-refractivity contribution in [3.63, 3.8) is 0 Å². The molecule has 0 N–H and O–H groups in total. The number of carbonyl (C=O) groups excluding carboxylic acids is 1. The second-order valence-corrected chi connectivity index (χ2v) is 10.5. The molecule has 1 saturated carbocycles. The second kappa shape index (κ2) is 10.2. The maximum Gasteiger partial charge on any atom is 0.419 e. The zero-order chi connectivity index (χ0) is 27.1. The summed E-state index contributed by atoms with van der Waals surface area (Å²) in [5.41, 5.74) is -1.04. The van der Waals surface area contributed by atoms with E-state index in [1.165, 1.54) is 6.07 Å². The molecule has 3 fully saturated rings. The molecule has 11 heteroatoms. The van der Waals surface area contributed by atoms with E-state index in [9.17, 15) is 18.0 Å². The number of benzene rings is 1. The molecule has 1 spiro atoms. The first-order valence-electron chi connectivity index (χ1n) is 12.9. The number of anilines is 2. The first kappa shape index (κ1) is 26.5. The Morgan fingerprint density at radius 2 is 1.74 bits per heavy atom. The molecule has 38 heavy (non-hydrogen) atoms. The van der Waals surface area contributed by atoms with Gasteiger partial charge in [0, 0.05) is 38.4 Å². The van der Waals surface area contributed by atoms with Crippen molar-refractivity contribution in [3.8, 4) is 6.07 Å². The highest BCUT2D eigenvalue weighted by Gasteiger charge is 2.59. The number of hydrogen-bond donors (Lipinski definition) is 0. The highest BCUT2D eigenvalue weighted by atomic mass is 32.1. The monoisotopic (exact) mass is 542 g/mol. The van der Waals surface area contributed by atoms with Crippen LogP contribution in [0.2, 0.25) is 0 Å². The number of carbonyl (C=O) groups is 1. The first-order chi connectivity index (χ1) is 18.2. The summed E-state index contributed by atoms with van der Waals surface area (Å²) in [4.78, 5) is 25.2. The Hall–Kier alpha value is -3.07. The Kier molecular flexibility index (Phi) is 7.15. The Balaban J connectivity index is 1.38. The van der Waals surface area contributed by atoms with Crippen LogP contribution in [0.3, 0.4) is 0 Å². The van der Waals surface area contributed by atoms with Crippen LogP contribution in [-0.4, -0.2) is 64.1 Å². The molecule has 1 amide bonds. The van der Waals surface area contributed by atoms with Gasteiger partial charge in [-0.05, 0) is 68.2 Å². The smallest absolute Gasteiger partial charge is 0.303 e. The fourth-order valence-electron chi connectivity index (χ4n) is 5.59. The van der Waals surface area contributed by atoms with Crippen molar-refractivity contribution < 1.29 is 18.0 Å². The Morgan fingerprint density at radius 3 is 2.29 bits per heavy atom. The molecule has 3 aliphatic rings. The third-order valence-corrected chi connectivity index (χ3v) is 8.11. The number of nitriles is 1. The molecule has 1 aromatic carbocycles. The van der Waals surface area contributed by atoms with Crippen molar-refractivity contribution in [2.24, 2.45) is 0 Å². The fourth-order valence-corrected chi connectivity index (χ4v) is 6.05. The SMILES string of the molecule is CCCN1CCN(Cc2ccc(N3C(=S)N(c4cnc(C#N)c(C(F)(F)F)c4)C(=O)C34CCC4)cc2)CC1. The molecule has 2 aromatic rings. The molecule has 1 aromatic heterocycles. The van der Waals surface area contributed by atoms with Gasteiger partial charge in [-0.3, -0.25) is 14.6 Å². The van der Waals surface area contributed by atoms with Crippen molar-refractivity contribution in [2.75, 3.05) is 42.5 Å². The van der Waals surface area contributed by atoms with Crippen LogP contribution < -0.4 is 9.80 Å². The molecule has 200 valence electrons. The van der Waals surface area contributed by atoms with Gasteiger partial charge in [0.05, 0.1) is 17.4 Å². The van der Waals surface area contributed by atoms with E-state index in [1.54, 1.807) is 4.90 Å². The van der Waals surface area contributed by atoms with Crippen LogP contribution in [0, 0.1) is 11.3 Å². The predicted molar refractivity (Wildman–Crippen MR) is 142 cm³/mol. The summed E-state index contributed by atoms with van der Waals surface area (Å²) in [7, 11) is 0. The van der Waals surface area contributed by atoms with Gasteiger partial charge in [0.25, 0.3) is 5.91 Å². The van der Waals surface area contributed by atoms with Gasteiger partial charge in [-0.15, -0.1) is 0 Å². The van der Waals surface area contributed by atoms with E-state index in [0.717, 1.165) is 80.5 Å². The quantitative estimate of drug-likeness (QED) is 0.496. The van der Waals surface area contributed by atoms with Gasteiger partial charge in [0.1, 0.15) is 11.6 Å². The molecule has 2 aliphatic heterocycles. The van der Waals surface area contributed by atoms with E-state index in [4.69, 9.17) is 17.5 Å². The van der Waals surface area contributed by atoms with Crippen LogP contribution in [0.5, 0.6) is 0 Å². The van der Waals surface area contributed by atoms with Gasteiger partial charge in [-0.25, -0.2) is 4.98 Å². The summed E-state index contributed by atoms with van der Waals surface area (Å²) in [6.45, 7) is 8.32. The number of thiocarbonyl (C=S) groups is 1. The van der Waals surface area contributed by atoms with Gasteiger partial charge in [0.2, 0.25) is 0 Å². The number of aromatic nitrogens is 1. The van der Waals surface area contributed by atoms with Crippen LogP contribution in [0.15, 0.2) is 36.5 Å². The molecule has 3 heterocycles. The van der Waals surface area contributed by atoms with Crippen LogP contribution in [0.25, 0.3) is 0 Å². The van der Waals surface area contributed by atoms with Gasteiger partial charge in [0.15, 0.2) is 10.8 Å². The van der Waals surface area contributed by atoms with Crippen molar-refractivity contribution in [1.82, 2.24) is 14.8 Å². The van der Waals surface area contributed by atoms with E-state index >= 15 is 0 Å². The lowest BCUT2D eigenvalue weighted by Crippen LogP contribution is -2.55. The minimum Gasteiger partial charge on any atom is -0.303 e. The molecule has 7 nitrogen and oxygen atoms in total. The van der Waals surface area contributed by atoms with Crippen molar-refractivity contribution >= 4 is 34.6 Å². The Labute approximate surface area is 225 Å². The molecular weight excluding hydrogens is 513 g/mol. The number of rotatable bonds is 6. The lowest BCUT2D eigenvalue weighted by molar-refractivity contribution is -0.138. The van der Waals surface area contributed by atoms with E-state index in [1.807, 2.05) is 24.3 Å². The van der Waals surface area contributed by atoms with Crippen LogP contribution in [-0.2, 0) is 17.5 Å². The van der Waals surface area contributed by atoms with Crippen molar-refractivity contribution in [2.45, 2.75) is 50.9 Å². The summed E-state index contributed by atoms with van der Waals surface area (Å²) in [6, 6.07) is 10.2. The largest absolute Gasteiger partial charge is 0.419 e. The Morgan fingerprint density at radius 1 is 1.08 bits per heavy atom. The number of halogens is 3. The zero-order valence-corrected chi connectivity index (χ0v) is 22.0. The average molecular weight is 543 g/mol. The summed E-state index contributed by atoms with van der Waals surface area (Å²) in [6.07, 6.45) is -0.584. The molecule has 0 radical (unpaired) electrons. The van der Waals surface area contributed by atoms with Gasteiger partial charge in [-0.1, -0.05) is 19.1 Å². The molecule has 0 atom stereocenters. The highest BCUT2D eigenvalue weighted by Crippen LogP contribution is 2.48. The van der Waals surface area contributed by atoms with E-state index in [2.05, 4.69) is 21.7 Å². The summed E-state index contributed by atoms with van der Waals surface area (Å²) < 4.78 is 40.8. The number of pyridine rings is 1. The molecule has 0 unspecified atom stereocenters.